The monoisotopic (exact) mass is 364 g/mol. The van der Waals surface area contributed by atoms with Gasteiger partial charge in [0.1, 0.15) is 5.82 Å². The Balaban J connectivity index is 1.38. The van der Waals surface area contributed by atoms with Gasteiger partial charge in [0.25, 0.3) is 11.8 Å². The van der Waals surface area contributed by atoms with Crippen molar-refractivity contribution in [3.8, 4) is 0 Å². The van der Waals surface area contributed by atoms with E-state index in [0.717, 1.165) is 26.2 Å². The number of piperazine rings is 1. The van der Waals surface area contributed by atoms with E-state index < -0.39 is 0 Å². The van der Waals surface area contributed by atoms with Crippen molar-refractivity contribution >= 4 is 17.5 Å². The maximum Gasteiger partial charge on any atom is 0.279 e. The van der Waals surface area contributed by atoms with Crippen LogP contribution in [0.15, 0.2) is 24.3 Å². The van der Waals surface area contributed by atoms with Crippen molar-refractivity contribution in [2.45, 2.75) is 19.3 Å². The molecule has 2 aliphatic heterocycles. The van der Waals surface area contributed by atoms with E-state index >= 15 is 0 Å². The van der Waals surface area contributed by atoms with Crippen LogP contribution in [0.25, 0.3) is 0 Å². The Hall–Kier alpha value is -1.99. The van der Waals surface area contributed by atoms with E-state index in [1.165, 1.54) is 41.2 Å². The first-order valence-corrected chi connectivity index (χ1v) is 9.60. The zero-order valence-corrected chi connectivity index (χ0v) is 15.2. The number of benzene rings is 1. The molecular formula is C19H29FN4O2+2. The van der Waals surface area contributed by atoms with Crippen LogP contribution in [-0.2, 0) is 9.59 Å². The number of hydrogen-bond acceptors (Lipinski definition) is 2. The lowest BCUT2D eigenvalue weighted by Crippen LogP contribution is -3.16. The number of anilines is 1. The van der Waals surface area contributed by atoms with Crippen LogP contribution in [0.5, 0.6) is 0 Å². The van der Waals surface area contributed by atoms with Crippen molar-refractivity contribution < 1.29 is 23.8 Å². The lowest BCUT2D eigenvalue weighted by molar-refractivity contribution is -0.899. The maximum absolute atomic E-state index is 12.9. The number of amides is 2. The molecule has 2 amide bonds. The molecule has 3 N–H and O–H groups in total. The molecular weight excluding hydrogens is 335 g/mol. The molecule has 2 aliphatic rings. The van der Waals surface area contributed by atoms with E-state index in [1.54, 1.807) is 12.1 Å². The predicted octanol–water partition coefficient (Wildman–Crippen LogP) is -1.44. The number of likely N-dealkylation sites (tertiary alicyclic amines) is 1. The molecule has 0 atom stereocenters. The summed E-state index contributed by atoms with van der Waals surface area (Å²) < 4.78 is 12.9. The number of quaternary nitrogens is 2. The van der Waals surface area contributed by atoms with Gasteiger partial charge in [0.05, 0.1) is 39.3 Å². The van der Waals surface area contributed by atoms with Gasteiger partial charge in [-0.05, 0) is 43.5 Å². The minimum Gasteiger partial charge on any atom is -0.327 e. The quantitative estimate of drug-likeness (QED) is 0.600. The van der Waals surface area contributed by atoms with Gasteiger partial charge in [-0.25, -0.2) is 4.39 Å². The highest BCUT2D eigenvalue weighted by Crippen LogP contribution is 2.07. The highest BCUT2D eigenvalue weighted by Gasteiger charge is 2.27. The normalized spacial score (nSPS) is 19.3. The third-order valence-corrected chi connectivity index (χ3v) is 5.32. The lowest BCUT2D eigenvalue weighted by atomic mass is 10.1. The summed E-state index contributed by atoms with van der Waals surface area (Å²) in [6, 6.07) is 5.78. The molecule has 142 valence electrons. The van der Waals surface area contributed by atoms with Crippen molar-refractivity contribution in [2.75, 3.05) is 57.7 Å². The number of rotatable bonds is 5. The summed E-state index contributed by atoms with van der Waals surface area (Å²) in [4.78, 5) is 29.1. The van der Waals surface area contributed by atoms with Crippen molar-refractivity contribution in [3.63, 3.8) is 0 Å². The minimum atomic E-state index is -0.319. The topological polar surface area (TPSA) is 58.3 Å². The molecule has 7 heteroatoms. The third kappa shape index (κ3) is 5.51. The van der Waals surface area contributed by atoms with E-state index in [4.69, 9.17) is 0 Å². The fourth-order valence-corrected chi connectivity index (χ4v) is 3.77. The second-order valence-corrected chi connectivity index (χ2v) is 7.35. The number of carbonyl (C=O) groups excluding carboxylic acids is 2. The van der Waals surface area contributed by atoms with Crippen LogP contribution in [0.4, 0.5) is 10.1 Å². The predicted molar refractivity (Wildman–Crippen MR) is 96.6 cm³/mol. The largest absolute Gasteiger partial charge is 0.327 e. The summed E-state index contributed by atoms with van der Waals surface area (Å²) in [5.74, 6) is -0.151. The van der Waals surface area contributed by atoms with E-state index in [2.05, 4.69) is 5.32 Å². The van der Waals surface area contributed by atoms with Crippen LogP contribution in [0.1, 0.15) is 19.3 Å². The lowest BCUT2D eigenvalue weighted by Gasteiger charge is -2.33. The Morgan fingerprint density at radius 3 is 2.19 bits per heavy atom. The summed E-state index contributed by atoms with van der Waals surface area (Å²) in [6.45, 7) is 6.21. The Labute approximate surface area is 153 Å². The molecule has 6 nitrogen and oxygen atoms in total. The van der Waals surface area contributed by atoms with Gasteiger partial charge in [-0.15, -0.1) is 0 Å². The molecule has 0 bridgehead atoms. The third-order valence-electron chi connectivity index (χ3n) is 5.32. The smallest absolute Gasteiger partial charge is 0.279 e. The molecule has 2 saturated heterocycles. The molecule has 2 heterocycles. The van der Waals surface area contributed by atoms with E-state index in [0.29, 0.717) is 31.9 Å². The fraction of sp³-hybridized carbons (Fsp3) is 0.579. The Morgan fingerprint density at radius 1 is 0.923 bits per heavy atom. The minimum absolute atomic E-state index is 0.0795. The molecule has 1 aromatic rings. The summed E-state index contributed by atoms with van der Waals surface area (Å²) in [7, 11) is 0. The molecule has 0 radical (unpaired) electrons. The van der Waals surface area contributed by atoms with Gasteiger partial charge in [0.2, 0.25) is 0 Å². The summed E-state index contributed by atoms with van der Waals surface area (Å²) in [5.41, 5.74) is 0.606. The molecule has 0 spiro atoms. The van der Waals surface area contributed by atoms with Crippen molar-refractivity contribution in [2.24, 2.45) is 0 Å². The molecule has 0 aliphatic carbocycles. The van der Waals surface area contributed by atoms with Gasteiger partial charge in [-0.2, -0.15) is 0 Å². The second kappa shape index (κ2) is 9.09. The Kier molecular flexibility index (Phi) is 6.57. The van der Waals surface area contributed by atoms with E-state index in [9.17, 15) is 14.0 Å². The number of piperidine rings is 1. The van der Waals surface area contributed by atoms with Crippen LogP contribution >= 0.6 is 0 Å². The molecule has 3 rings (SSSR count). The number of halogens is 1. The summed E-state index contributed by atoms with van der Waals surface area (Å²) in [6.07, 6.45) is 3.74. The van der Waals surface area contributed by atoms with Crippen molar-refractivity contribution in [3.05, 3.63) is 30.1 Å². The highest BCUT2D eigenvalue weighted by atomic mass is 19.1. The average Bonchev–Trinajstić information content (AvgIpc) is 2.65. The SMILES string of the molecule is O=C(C[NH+]1CCN(C(=O)C[NH+]2CCCCC2)CC1)Nc1ccc(F)cc1. The van der Waals surface area contributed by atoms with Crippen molar-refractivity contribution in [1.82, 2.24) is 4.90 Å². The van der Waals surface area contributed by atoms with Gasteiger partial charge in [0.15, 0.2) is 13.1 Å². The fourth-order valence-electron chi connectivity index (χ4n) is 3.77. The zero-order chi connectivity index (χ0) is 18.4. The standard InChI is InChI=1S/C19H27FN4O2/c20-16-4-6-17(7-5-16)21-18(25)14-23-10-12-24(13-11-23)19(26)15-22-8-2-1-3-9-22/h4-7H,1-3,8-15H2,(H,21,25)/p+2. The molecule has 0 aromatic heterocycles. The number of nitrogens with zero attached hydrogens (tertiary/aromatic N) is 1. The molecule has 2 fully saturated rings. The second-order valence-electron chi connectivity index (χ2n) is 7.35. The number of nitrogens with one attached hydrogen (secondary N) is 3. The molecule has 1 aromatic carbocycles. The van der Waals surface area contributed by atoms with Crippen LogP contribution in [0, 0.1) is 5.82 Å². The van der Waals surface area contributed by atoms with Gasteiger partial charge < -0.3 is 20.0 Å². The Morgan fingerprint density at radius 2 is 1.54 bits per heavy atom. The Bertz CT molecular complexity index is 608. The summed E-state index contributed by atoms with van der Waals surface area (Å²) >= 11 is 0. The molecule has 0 saturated carbocycles. The zero-order valence-electron chi connectivity index (χ0n) is 15.2. The first kappa shape index (κ1) is 18.8. The van der Waals surface area contributed by atoms with Crippen LogP contribution in [-0.4, -0.2) is 69.1 Å². The van der Waals surface area contributed by atoms with Crippen LogP contribution in [0.3, 0.4) is 0 Å². The van der Waals surface area contributed by atoms with Crippen LogP contribution in [0.2, 0.25) is 0 Å². The first-order chi connectivity index (χ1) is 12.6. The molecule has 0 unspecified atom stereocenters. The van der Waals surface area contributed by atoms with E-state index in [1.807, 2.05) is 4.90 Å². The average molecular weight is 364 g/mol. The van der Waals surface area contributed by atoms with E-state index in [-0.39, 0.29) is 17.6 Å². The number of hydrogen-bond donors (Lipinski definition) is 3. The van der Waals surface area contributed by atoms with Gasteiger partial charge in [-0.3, -0.25) is 9.59 Å². The highest BCUT2D eigenvalue weighted by molar-refractivity contribution is 5.91. The van der Waals surface area contributed by atoms with Gasteiger partial charge in [0, 0.05) is 5.69 Å². The van der Waals surface area contributed by atoms with Gasteiger partial charge >= 0.3 is 0 Å². The summed E-state index contributed by atoms with van der Waals surface area (Å²) in [5, 5.41) is 2.79. The van der Waals surface area contributed by atoms with Crippen molar-refractivity contribution in [1.29, 1.82) is 0 Å². The molecule has 26 heavy (non-hydrogen) atoms. The maximum atomic E-state index is 12.9. The van der Waals surface area contributed by atoms with Crippen LogP contribution < -0.4 is 15.1 Å². The number of carbonyl (C=O) groups is 2. The first-order valence-electron chi connectivity index (χ1n) is 9.60. The van der Waals surface area contributed by atoms with Gasteiger partial charge in [-0.1, -0.05) is 0 Å².